The van der Waals surface area contributed by atoms with Crippen molar-refractivity contribution in [2.75, 3.05) is 18.4 Å². The first-order valence-electron chi connectivity index (χ1n) is 13.5. The minimum atomic E-state index is -3.65. The summed E-state index contributed by atoms with van der Waals surface area (Å²) in [5, 5.41) is 4.85. The summed E-state index contributed by atoms with van der Waals surface area (Å²) in [6.07, 6.45) is 3.33. The monoisotopic (exact) mass is 582 g/mol. The summed E-state index contributed by atoms with van der Waals surface area (Å²) in [5.74, 6) is -0.266. The Morgan fingerprint density at radius 3 is 2.54 bits per heavy atom. The fourth-order valence-electron chi connectivity index (χ4n) is 4.96. The van der Waals surface area contributed by atoms with Gasteiger partial charge in [-0.25, -0.2) is 18.1 Å². The molecule has 0 saturated carbocycles. The molecule has 0 aliphatic carbocycles. The van der Waals surface area contributed by atoms with Gasteiger partial charge in [0.05, 0.1) is 15.1 Å². The van der Waals surface area contributed by atoms with Crippen LogP contribution in [0.15, 0.2) is 53.4 Å². The minimum Gasteiger partial charge on any atom is -0.313 e. The molecule has 2 aromatic heterocycles. The number of hydrogen-bond acceptors (Lipinski definition) is 7. The molecule has 5 rings (SSSR count). The summed E-state index contributed by atoms with van der Waals surface area (Å²) >= 11 is 3.26. The van der Waals surface area contributed by atoms with E-state index in [4.69, 9.17) is 4.98 Å². The molecule has 7 nitrogen and oxygen atoms in total. The van der Waals surface area contributed by atoms with Gasteiger partial charge in [0.15, 0.2) is 0 Å². The number of nitrogens with zero attached hydrogens (tertiary/aromatic N) is 2. The van der Waals surface area contributed by atoms with Gasteiger partial charge in [-0.05, 0) is 67.8 Å². The second-order valence-corrected chi connectivity index (χ2v) is 13.7. The molecule has 2 N–H and O–H groups in total. The number of fused-ring (bicyclic) bond motifs is 2. The number of thiophene rings is 1. The van der Waals surface area contributed by atoms with Crippen molar-refractivity contribution in [3.8, 4) is 10.6 Å². The van der Waals surface area contributed by atoms with Crippen molar-refractivity contribution in [1.29, 1.82) is 0 Å². The number of anilines is 1. The van der Waals surface area contributed by atoms with Crippen LogP contribution < -0.4 is 10.0 Å². The summed E-state index contributed by atoms with van der Waals surface area (Å²) in [6.45, 7) is 9.00. The number of rotatable bonds is 10. The second kappa shape index (κ2) is 11.9. The highest BCUT2D eigenvalue weighted by molar-refractivity contribution is 7.89. The van der Waals surface area contributed by atoms with Gasteiger partial charge >= 0.3 is 0 Å². The summed E-state index contributed by atoms with van der Waals surface area (Å²) in [5.41, 5.74) is 3.65. The Balaban J connectivity index is 1.42. The number of thiazole rings is 1. The van der Waals surface area contributed by atoms with E-state index in [2.05, 4.69) is 27.9 Å². The summed E-state index contributed by atoms with van der Waals surface area (Å²) < 4.78 is 29.6. The Kier molecular flexibility index (Phi) is 8.49. The van der Waals surface area contributed by atoms with Crippen LogP contribution in [0.25, 0.3) is 20.8 Å². The number of hydrogen-bond donors (Lipinski definition) is 2. The van der Waals surface area contributed by atoms with Gasteiger partial charge in [0.25, 0.3) is 5.91 Å². The summed E-state index contributed by atoms with van der Waals surface area (Å²) in [7, 11) is -3.65. The number of aromatic nitrogens is 1. The maximum atomic E-state index is 13.4. The quantitative estimate of drug-likeness (QED) is 0.222. The van der Waals surface area contributed by atoms with Gasteiger partial charge in [0.2, 0.25) is 10.0 Å². The highest BCUT2D eigenvalue weighted by Gasteiger charge is 2.28. The van der Waals surface area contributed by atoms with Crippen molar-refractivity contribution in [2.24, 2.45) is 0 Å². The number of nitrogens with one attached hydrogen (secondary N) is 2. The van der Waals surface area contributed by atoms with E-state index in [1.807, 2.05) is 32.0 Å². The van der Waals surface area contributed by atoms with Gasteiger partial charge in [-0.3, -0.25) is 9.69 Å². The lowest BCUT2D eigenvalue weighted by atomic mass is 10.0. The lowest BCUT2D eigenvalue weighted by molar-refractivity contribution is 0.102. The van der Waals surface area contributed by atoms with Crippen LogP contribution in [-0.4, -0.2) is 43.3 Å². The molecule has 1 aliphatic rings. The number of amides is 1. The van der Waals surface area contributed by atoms with Crippen LogP contribution >= 0.6 is 22.7 Å². The topological polar surface area (TPSA) is 91.4 Å². The van der Waals surface area contributed by atoms with Crippen molar-refractivity contribution >= 4 is 53.8 Å². The zero-order chi connectivity index (χ0) is 27.6. The molecule has 1 atom stereocenters. The summed E-state index contributed by atoms with van der Waals surface area (Å²) in [6, 6.07) is 14.2. The Bertz CT molecular complexity index is 1540. The molecule has 3 heterocycles. The summed E-state index contributed by atoms with van der Waals surface area (Å²) in [4.78, 5) is 22.1. The molecule has 0 spiro atoms. The van der Waals surface area contributed by atoms with Gasteiger partial charge < -0.3 is 5.32 Å². The molecule has 0 radical (unpaired) electrons. The van der Waals surface area contributed by atoms with E-state index in [9.17, 15) is 13.2 Å². The number of carbonyl (C=O) groups is 1. The largest absolute Gasteiger partial charge is 0.313 e. The molecule has 4 aromatic rings. The number of para-hydroxylation sites is 1. The Morgan fingerprint density at radius 1 is 1.08 bits per heavy atom. The lowest BCUT2D eigenvalue weighted by Gasteiger charge is -2.25. The molecule has 1 amide bonds. The smallest absolute Gasteiger partial charge is 0.256 e. The van der Waals surface area contributed by atoms with Crippen LogP contribution in [0.3, 0.4) is 0 Å². The third-order valence-electron chi connectivity index (χ3n) is 7.20. The van der Waals surface area contributed by atoms with Crippen molar-refractivity contribution in [3.05, 3.63) is 64.5 Å². The van der Waals surface area contributed by atoms with Gasteiger partial charge in [-0.2, -0.15) is 0 Å². The number of benzene rings is 2. The molecule has 10 heteroatoms. The number of likely N-dealkylation sites (N-methyl/N-ethyl adjacent to an activating group) is 1. The molecular formula is C29H34N4O3S3. The van der Waals surface area contributed by atoms with Crippen molar-refractivity contribution in [2.45, 2.75) is 63.9 Å². The molecular weight excluding hydrogens is 549 g/mol. The van der Waals surface area contributed by atoms with Crippen molar-refractivity contribution < 1.29 is 13.2 Å². The molecule has 0 saturated heterocycles. The van der Waals surface area contributed by atoms with Gasteiger partial charge in [0.1, 0.15) is 10.0 Å². The lowest BCUT2D eigenvalue weighted by Crippen LogP contribution is -2.34. The third kappa shape index (κ3) is 5.95. The zero-order valence-corrected chi connectivity index (χ0v) is 24.9. The SMILES string of the molecule is CCCC(CC)NS(=O)(=O)c1ccc(C(=O)Nc2sc3c(c2-c2nc4ccccc4s2)CCN(CC)C3)cc1. The maximum Gasteiger partial charge on any atom is 0.256 e. The highest BCUT2D eigenvalue weighted by Crippen LogP contribution is 2.45. The molecule has 206 valence electrons. The molecule has 2 aromatic carbocycles. The second-order valence-electron chi connectivity index (χ2n) is 9.81. The normalized spacial score (nSPS) is 14.8. The van der Waals surface area contributed by atoms with Crippen LogP contribution in [0.5, 0.6) is 0 Å². The molecule has 1 unspecified atom stereocenters. The predicted octanol–water partition coefficient (Wildman–Crippen LogP) is 6.51. The molecule has 0 fully saturated rings. The van der Waals surface area contributed by atoms with Crippen LogP contribution in [0.2, 0.25) is 0 Å². The van der Waals surface area contributed by atoms with Crippen molar-refractivity contribution in [1.82, 2.24) is 14.6 Å². The number of carbonyl (C=O) groups excluding carboxylic acids is 1. The molecule has 0 bridgehead atoms. The van der Waals surface area contributed by atoms with Crippen LogP contribution in [0.4, 0.5) is 5.00 Å². The maximum absolute atomic E-state index is 13.4. The van der Waals surface area contributed by atoms with Gasteiger partial charge in [-0.1, -0.05) is 39.3 Å². The first-order valence-corrected chi connectivity index (χ1v) is 16.6. The van der Waals surface area contributed by atoms with E-state index < -0.39 is 10.0 Å². The highest BCUT2D eigenvalue weighted by atomic mass is 32.2. The van der Waals surface area contributed by atoms with Gasteiger partial charge in [-0.15, -0.1) is 22.7 Å². The fourth-order valence-corrected chi connectivity index (χ4v) is 8.71. The molecule has 39 heavy (non-hydrogen) atoms. The van der Waals surface area contributed by atoms with E-state index in [1.54, 1.807) is 34.8 Å². The Morgan fingerprint density at radius 2 is 1.85 bits per heavy atom. The molecule has 1 aliphatic heterocycles. The van der Waals surface area contributed by atoms with Crippen LogP contribution in [0.1, 0.15) is 60.8 Å². The first kappa shape index (κ1) is 27.9. The average molecular weight is 583 g/mol. The van der Waals surface area contributed by atoms with E-state index in [0.29, 0.717) is 5.56 Å². The van der Waals surface area contributed by atoms with Crippen LogP contribution in [-0.2, 0) is 23.0 Å². The van der Waals surface area contributed by atoms with Crippen LogP contribution in [0, 0.1) is 0 Å². The zero-order valence-electron chi connectivity index (χ0n) is 22.5. The van der Waals surface area contributed by atoms with E-state index >= 15 is 0 Å². The number of sulfonamides is 1. The predicted molar refractivity (Wildman–Crippen MR) is 161 cm³/mol. The average Bonchev–Trinajstić information content (AvgIpc) is 3.52. The van der Waals surface area contributed by atoms with E-state index in [0.717, 1.165) is 71.1 Å². The van der Waals surface area contributed by atoms with E-state index in [1.165, 1.54) is 22.6 Å². The van der Waals surface area contributed by atoms with E-state index in [-0.39, 0.29) is 16.8 Å². The third-order valence-corrected chi connectivity index (χ3v) is 10.9. The van der Waals surface area contributed by atoms with Gasteiger partial charge in [0, 0.05) is 35.1 Å². The standard InChI is InChI=1S/C29H34N4O3S3/c1-4-9-20(5-2)32-39(35,36)21-14-12-19(13-15-21)27(34)31-29-26(22-16-17-33(6-3)18-25(22)38-29)28-30-23-10-7-8-11-24(23)37-28/h7-8,10-15,20,32H,4-6,9,16-18H2,1-3H3,(H,31,34). The van der Waals surface area contributed by atoms with Crippen molar-refractivity contribution in [3.63, 3.8) is 0 Å². The Labute approximate surface area is 238 Å². The Hall–Kier alpha value is -2.63. The minimum absolute atomic E-state index is 0.0996. The fraction of sp³-hybridized carbons (Fsp3) is 0.379. The first-order chi connectivity index (χ1) is 18.8.